The summed E-state index contributed by atoms with van der Waals surface area (Å²) in [6.07, 6.45) is 1.11. The zero-order chi connectivity index (χ0) is 12.9. The van der Waals surface area contributed by atoms with Gasteiger partial charge in [-0.05, 0) is 34.4 Å². The van der Waals surface area contributed by atoms with Gasteiger partial charge in [0, 0.05) is 19.6 Å². The molecule has 1 atom stereocenters. The highest BCUT2D eigenvalue weighted by Crippen LogP contribution is 2.06. The first kappa shape index (κ1) is 21.2. The molecule has 1 heterocycles. The number of nitrogens with zero attached hydrogens (tertiary/aromatic N) is 1. The molecule has 0 saturated carbocycles. The summed E-state index contributed by atoms with van der Waals surface area (Å²) in [4.78, 5) is 14.0. The number of morpholine rings is 1. The summed E-state index contributed by atoms with van der Waals surface area (Å²) in [5, 5.41) is 5.92. The van der Waals surface area contributed by atoms with Gasteiger partial charge in [0.05, 0.1) is 18.2 Å². The molecular weight excluding hydrogens is 289 g/mol. The maximum atomic E-state index is 11.8. The number of rotatable bonds is 5. The van der Waals surface area contributed by atoms with Gasteiger partial charge in [0.1, 0.15) is 0 Å². The van der Waals surface area contributed by atoms with Crippen LogP contribution >= 0.6 is 24.8 Å². The highest BCUT2D eigenvalue weighted by atomic mass is 35.5. The quantitative estimate of drug-likeness (QED) is 0.783. The van der Waals surface area contributed by atoms with Crippen LogP contribution in [-0.2, 0) is 9.53 Å². The molecule has 0 aromatic rings. The van der Waals surface area contributed by atoms with Crippen molar-refractivity contribution in [1.29, 1.82) is 0 Å². The maximum Gasteiger partial charge on any atom is 0.239 e. The van der Waals surface area contributed by atoms with E-state index in [1.54, 1.807) is 7.05 Å². The van der Waals surface area contributed by atoms with Crippen molar-refractivity contribution in [1.82, 2.24) is 15.5 Å². The Morgan fingerprint density at radius 1 is 1.42 bits per heavy atom. The molecule has 7 heteroatoms. The van der Waals surface area contributed by atoms with Crippen LogP contribution in [0.5, 0.6) is 0 Å². The molecule has 1 aliphatic heterocycles. The van der Waals surface area contributed by atoms with Crippen molar-refractivity contribution in [3.8, 4) is 0 Å². The monoisotopic (exact) mass is 315 g/mol. The van der Waals surface area contributed by atoms with Crippen LogP contribution in [0.3, 0.4) is 0 Å². The van der Waals surface area contributed by atoms with Gasteiger partial charge < -0.3 is 20.3 Å². The molecule has 1 aliphatic rings. The summed E-state index contributed by atoms with van der Waals surface area (Å²) < 4.78 is 5.63. The minimum absolute atomic E-state index is 0. The summed E-state index contributed by atoms with van der Waals surface area (Å²) in [5.41, 5.74) is -0.510. The number of nitrogens with one attached hydrogen (secondary N) is 2. The lowest BCUT2D eigenvalue weighted by atomic mass is 10.1. The fourth-order valence-corrected chi connectivity index (χ4v) is 1.72. The normalized spacial score (nSPS) is 20.1. The average molecular weight is 316 g/mol. The molecule has 1 rings (SSSR count). The molecule has 0 aliphatic carbocycles. The molecule has 0 bridgehead atoms. The van der Waals surface area contributed by atoms with Crippen molar-refractivity contribution in [2.24, 2.45) is 0 Å². The third-order valence-corrected chi connectivity index (χ3v) is 3.29. The Morgan fingerprint density at radius 2 is 2.05 bits per heavy atom. The molecular formula is C12H27Cl2N3O2. The predicted octanol–water partition coefficient (Wildman–Crippen LogP) is 0.665. The van der Waals surface area contributed by atoms with E-state index < -0.39 is 5.54 Å². The molecule has 0 spiro atoms. The van der Waals surface area contributed by atoms with E-state index in [1.807, 2.05) is 13.8 Å². The van der Waals surface area contributed by atoms with E-state index in [4.69, 9.17) is 4.74 Å². The molecule has 5 nitrogen and oxygen atoms in total. The van der Waals surface area contributed by atoms with Crippen LogP contribution in [0.1, 0.15) is 20.3 Å². The van der Waals surface area contributed by atoms with Crippen LogP contribution in [0.4, 0.5) is 0 Å². The lowest BCUT2D eigenvalue weighted by molar-refractivity contribution is -0.126. The van der Waals surface area contributed by atoms with Gasteiger partial charge in [-0.25, -0.2) is 0 Å². The van der Waals surface area contributed by atoms with Gasteiger partial charge in [-0.1, -0.05) is 0 Å². The lowest BCUT2D eigenvalue weighted by Crippen LogP contribution is -2.51. The maximum absolute atomic E-state index is 11.8. The smallest absolute Gasteiger partial charge is 0.239 e. The van der Waals surface area contributed by atoms with Crippen LogP contribution < -0.4 is 10.6 Å². The molecule has 19 heavy (non-hydrogen) atoms. The largest absolute Gasteiger partial charge is 0.375 e. The number of carbonyl (C=O) groups excluding carboxylic acids is 1. The van der Waals surface area contributed by atoms with Crippen LogP contribution in [-0.4, -0.2) is 62.8 Å². The van der Waals surface area contributed by atoms with E-state index >= 15 is 0 Å². The van der Waals surface area contributed by atoms with E-state index in [-0.39, 0.29) is 36.8 Å². The highest BCUT2D eigenvalue weighted by molar-refractivity contribution is 5.86. The third-order valence-electron chi connectivity index (χ3n) is 3.29. The molecule has 0 aromatic heterocycles. The van der Waals surface area contributed by atoms with Crippen molar-refractivity contribution < 1.29 is 9.53 Å². The number of halogens is 2. The van der Waals surface area contributed by atoms with Crippen LogP contribution in [0, 0.1) is 0 Å². The van der Waals surface area contributed by atoms with Gasteiger partial charge in [-0.15, -0.1) is 24.8 Å². The SMILES string of the molecule is CNC(C)(C)C(=O)NCCC1CN(C)CCO1.Cl.Cl. The summed E-state index contributed by atoms with van der Waals surface area (Å²) >= 11 is 0. The van der Waals surface area contributed by atoms with Crippen molar-refractivity contribution >= 4 is 30.7 Å². The van der Waals surface area contributed by atoms with E-state index in [0.717, 1.165) is 26.1 Å². The van der Waals surface area contributed by atoms with Gasteiger partial charge in [-0.2, -0.15) is 0 Å². The van der Waals surface area contributed by atoms with Crippen LogP contribution in [0.2, 0.25) is 0 Å². The number of hydrogen-bond acceptors (Lipinski definition) is 4. The van der Waals surface area contributed by atoms with Crippen molar-refractivity contribution in [2.45, 2.75) is 31.9 Å². The van der Waals surface area contributed by atoms with Crippen molar-refractivity contribution in [2.75, 3.05) is 40.3 Å². The fraction of sp³-hybridized carbons (Fsp3) is 0.917. The Bertz CT molecular complexity index is 265. The summed E-state index contributed by atoms with van der Waals surface area (Å²) in [5.74, 6) is 0.0316. The second kappa shape index (κ2) is 9.77. The zero-order valence-corrected chi connectivity index (χ0v) is 13.8. The summed E-state index contributed by atoms with van der Waals surface area (Å²) in [6, 6.07) is 0. The van der Waals surface area contributed by atoms with Gasteiger partial charge in [-0.3, -0.25) is 4.79 Å². The molecule has 1 fully saturated rings. The highest BCUT2D eigenvalue weighted by Gasteiger charge is 2.25. The molecule has 1 saturated heterocycles. The molecule has 0 radical (unpaired) electrons. The third kappa shape index (κ3) is 7.32. The van der Waals surface area contributed by atoms with E-state index in [9.17, 15) is 4.79 Å². The average Bonchev–Trinajstić information content (AvgIpc) is 2.29. The van der Waals surface area contributed by atoms with Crippen molar-refractivity contribution in [3.63, 3.8) is 0 Å². The number of carbonyl (C=O) groups is 1. The van der Waals surface area contributed by atoms with Gasteiger partial charge in [0.2, 0.25) is 5.91 Å². The molecule has 1 amide bonds. The van der Waals surface area contributed by atoms with E-state index in [1.165, 1.54) is 0 Å². The van der Waals surface area contributed by atoms with E-state index in [0.29, 0.717) is 6.54 Å². The van der Waals surface area contributed by atoms with Crippen LogP contribution in [0.25, 0.3) is 0 Å². The van der Waals surface area contributed by atoms with Gasteiger partial charge >= 0.3 is 0 Å². The Hall–Kier alpha value is -0.0700. The topological polar surface area (TPSA) is 53.6 Å². The first-order chi connectivity index (χ1) is 7.95. The fourth-order valence-electron chi connectivity index (χ4n) is 1.72. The Balaban J connectivity index is 0. The molecule has 116 valence electrons. The second-order valence-electron chi connectivity index (χ2n) is 5.17. The lowest BCUT2D eigenvalue weighted by Gasteiger charge is -2.30. The first-order valence-electron chi connectivity index (χ1n) is 6.23. The van der Waals surface area contributed by atoms with Crippen molar-refractivity contribution in [3.05, 3.63) is 0 Å². The van der Waals surface area contributed by atoms with E-state index in [2.05, 4.69) is 22.6 Å². The van der Waals surface area contributed by atoms with Gasteiger partial charge in [0.25, 0.3) is 0 Å². The van der Waals surface area contributed by atoms with Gasteiger partial charge in [0.15, 0.2) is 0 Å². The Kier molecular flexibility index (Phi) is 10.9. The minimum atomic E-state index is -0.510. The zero-order valence-electron chi connectivity index (χ0n) is 12.2. The predicted molar refractivity (Wildman–Crippen MR) is 82.5 cm³/mol. The van der Waals surface area contributed by atoms with Crippen LogP contribution in [0.15, 0.2) is 0 Å². The number of amides is 1. The molecule has 0 aromatic carbocycles. The Morgan fingerprint density at radius 3 is 2.58 bits per heavy atom. The molecule has 2 N–H and O–H groups in total. The molecule has 1 unspecified atom stereocenters. The first-order valence-corrected chi connectivity index (χ1v) is 6.23. The Labute approximate surface area is 128 Å². The number of ether oxygens (including phenoxy) is 1. The number of hydrogen-bond donors (Lipinski definition) is 2. The summed E-state index contributed by atoms with van der Waals surface area (Å²) in [7, 11) is 3.89. The minimum Gasteiger partial charge on any atom is -0.375 e. The second-order valence-corrected chi connectivity index (χ2v) is 5.17. The summed E-state index contributed by atoms with van der Waals surface area (Å²) in [6.45, 7) is 7.14. The number of likely N-dealkylation sites (N-methyl/N-ethyl adjacent to an activating group) is 2. The standard InChI is InChI=1S/C12H25N3O2.2ClH/c1-12(2,13-3)11(16)14-6-5-10-9-15(4)7-8-17-10;;/h10,13H,5-9H2,1-4H3,(H,14,16);2*1H.